The lowest BCUT2D eigenvalue weighted by Crippen LogP contribution is -2.48. The molecule has 1 aromatic carbocycles. The van der Waals surface area contributed by atoms with Crippen molar-refractivity contribution in [3.8, 4) is 11.8 Å². The molecule has 166 valence electrons. The van der Waals surface area contributed by atoms with Crippen LogP contribution in [-0.2, 0) is 20.1 Å². The third-order valence-electron chi connectivity index (χ3n) is 4.92. The minimum absolute atomic E-state index is 0.0467. The van der Waals surface area contributed by atoms with E-state index in [1.807, 2.05) is 0 Å². The number of imidazole rings is 1. The number of rotatable bonds is 5. The fraction of sp³-hybridized carbons (Fsp3) is 0.300. The van der Waals surface area contributed by atoms with E-state index in [1.165, 1.54) is 42.3 Å². The van der Waals surface area contributed by atoms with Crippen LogP contribution in [0.2, 0.25) is 0 Å². The molecule has 0 spiro atoms. The number of primary amides is 1. The van der Waals surface area contributed by atoms with Gasteiger partial charge in [0, 0.05) is 5.56 Å². The number of ether oxygens (including phenoxy) is 1. The normalized spacial score (nSPS) is 22.5. The Balaban J connectivity index is 1.86. The molecule has 11 nitrogen and oxygen atoms in total. The molecule has 0 radical (unpaired) electrons. The minimum atomic E-state index is -1.72. The molecule has 3 aromatic rings. The molecule has 0 bridgehead atoms. The van der Waals surface area contributed by atoms with Gasteiger partial charge in [0.2, 0.25) is 11.7 Å². The minimum Gasteiger partial charge on any atom is -0.388 e. The maximum absolute atomic E-state index is 13.1. The third-order valence-corrected chi connectivity index (χ3v) is 4.92. The van der Waals surface area contributed by atoms with Crippen molar-refractivity contribution in [3.63, 3.8) is 0 Å². The van der Waals surface area contributed by atoms with Crippen molar-refractivity contribution in [2.45, 2.75) is 24.4 Å². The highest BCUT2D eigenvalue weighted by molar-refractivity contribution is 5.83. The number of fused-ring (bicyclic) bond motifs is 1. The molecule has 0 unspecified atom stereocenters. The standard InChI is InChI=1S/C20H19FN6O5/c1-31-26-18-16-19(25-15(24-18)7-4-11-2-5-12(21)6-3-11)27(10-23-16)20(8-14(22)29)17(30)13(28)9-32-20/h2-3,5-6,10,13,17,28,30H,8-9H2,1H3,(H2,22,29)(H,24,25,26)/t13-,17+,20+/m1/s1. The summed E-state index contributed by atoms with van der Waals surface area (Å²) in [7, 11) is 1.38. The number of halogens is 1. The molecule has 5 N–H and O–H groups in total. The van der Waals surface area contributed by atoms with Gasteiger partial charge < -0.3 is 20.7 Å². The van der Waals surface area contributed by atoms with E-state index in [2.05, 4.69) is 32.3 Å². The molecular formula is C20H19FN6O5. The second-order valence-electron chi connectivity index (χ2n) is 7.06. The van der Waals surface area contributed by atoms with Gasteiger partial charge in [-0.05, 0) is 30.2 Å². The monoisotopic (exact) mass is 442 g/mol. The Hall–Kier alpha value is -3.63. The van der Waals surface area contributed by atoms with Gasteiger partial charge in [-0.2, -0.15) is 4.98 Å². The Kier molecular flexibility index (Phi) is 5.72. The topological polar surface area (TPSA) is 158 Å². The summed E-state index contributed by atoms with van der Waals surface area (Å²) in [5.41, 5.74) is 7.17. The van der Waals surface area contributed by atoms with Crippen LogP contribution in [0.3, 0.4) is 0 Å². The SMILES string of the molecule is CONc1nc(C#Cc2ccc(F)cc2)nc2c1ncn2[C@@]1(CC(N)=O)OC[C@@H](O)[C@@H]1O. The number of aliphatic hydroxyl groups excluding tert-OH is 2. The van der Waals surface area contributed by atoms with Crippen molar-refractivity contribution in [3.05, 3.63) is 47.8 Å². The van der Waals surface area contributed by atoms with Crippen molar-refractivity contribution in [2.75, 3.05) is 19.2 Å². The second kappa shape index (κ2) is 8.48. The van der Waals surface area contributed by atoms with Crippen LogP contribution in [-0.4, -0.2) is 61.6 Å². The molecule has 1 fully saturated rings. The number of anilines is 1. The molecule has 0 saturated carbocycles. The van der Waals surface area contributed by atoms with Gasteiger partial charge in [0.15, 0.2) is 22.7 Å². The number of amides is 1. The molecule has 1 saturated heterocycles. The maximum Gasteiger partial charge on any atom is 0.222 e. The Morgan fingerprint density at radius 2 is 2.12 bits per heavy atom. The highest BCUT2D eigenvalue weighted by Gasteiger charge is 2.52. The van der Waals surface area contributed by atoms with Crippen LogP contribution in [0.1, 0.15) is 17.8 Å². The van der Waals surface area contributed by atoms with Crippen LogP contribution < -0.4 is 11.2 Å². The maximum atomic E-state index is 13.1. The van der Waals surface area contributed by atoms with Crippen molar-refractivity contribution in [1.29, 1.82) is 0 Å². The first-order chi connectivity index (χ1) is 15.3. The lowest BCUT2D eigenvalue weighted by atomic mass is 10.0. The molecule has 1 amide bonds. The van der Waals surface area contributed by atoms with E-state index in [9.17, 15) is 19.4 Å². The molecule has 32 heavy (non-hydrogen) atoms. The van der Waals surface area contributed by atoms with Crippen molar-refractivity contribution >= 4 is 22.9 Å². The zero-order chi connectivity index (χ0) is 22.9. The largest absolute Gasteiger partial charge is 0.388 e. The number of benzene rings is 1. The van der Waals surface area contributed by atoms with Crippen molar-refractivity contribution < 1.29 is 29.0 Å². The van der Waals surface area contributed by atoms with Crippen molar-refractivity contribution in [1.82, 2.24) is 19.5 Å². The first-order valence-electron chi connectivity index (χ1n) is 9.44. The number of nitrogens with one attached hydrogen (secondary N) is 1. The van der Waals surface area contributed by atoms with Gasteiger partial charge in [-0.3, -0.25) is 14.2 Å². The van der Waals surface area contributed by atoms with E-state index in [1.54, 1.807) is 0 Å². The Morgan fingerprint density at radius 3 is 2.75 bits per heavy atom. The van der Waals surface area contributed by atoms with E-state index in [0.29, 0.717) is 5.56 Å². The van der Waals surface area contributed by atoms with Gasteiger partial charge in [0.25, 0.3) is 0 Å². The fourth-order valence-electron chi connectivity index (χ4n) is 3.47. The van der Waals surface area contributed by atoms with E-state index >= 15 is 0 Å². The summed E-state index contributed by atoms with van der Waals surface area (Å²) in [6, 6.07) is 5.56. The highest BCUT2D eigenvalue weighted by atomic mass is 19.1. The smallest absolute Gasteiger partial charge is 0.222 e. The Bertz CT molecular complexity index is 1220. The average Bonchev–Trinajstić information content (AvgIpc) is 3.31. The van der Waals surface area contributed by atoms with Crippen LogP contribution in [0.25, 0.3) is 11.2 Å². The zero-order valence-electron chi connectivity index (χ0n) is 16.8. The number of hydrogen-bond donors (Lipinski definition) is 4. The predicted molar refractivity (Wildman–Crippen MR) is 108 cm³/mol. The molecule has 3 atom stereocenters. The Labute approximate surface area is 181 Å². The number of carbonyl (C=O) groups is 1. The van der Waals surface area contributed by atoms with Crippen LogP contribution in [0.5, 0.6) is 0 Å². The van der Waals surface area contributed by atoms with Crippen LogP contribution in [0.15, 0.2) is 30.6 Å². The summed E-state index contributed by atoms with van der Waals surface area (Å²) in [5.74, 6) is 4.67. The van der Waals surface area contributed by atoms with Gasteiger partial charge >= 0.3 is 0 Å². The van der Waals surface area contributed by atoms with Crippen LogP contribution in [0, 0.1) is 17.7 Å². The number of carbonyl (C=O) groups excluding carboxylic acids is 1. The third kappa shape index (κ3) is 3.85. The number of aliphatic hydroxyl groups is 2. The molecule has 1 aliphatic rings. The number of aromatic nitrogens is 4. The van der Waals surface area contributed by atoms with E-state index in [0.717, 1.165) is 0 Å². The molecule has 2 aromatic heterocycles. The first-order valence-corrected chi connectivity index (χ1v) is 9.44. The van der Waals surface area contributed by atoms with E-state index in [4.69, 9.17) is 15.3 Å². The van der Waals surface area contributed by atoms with E-state index in [-0.39, 0.29) is 35.2 Å². The van der Waals surface area contributed by atoms with Crippen molar-refractivity contribution in [2.24, 2.45) is 5.73 Å². The van der Waals surface area contributed by atoms with Gasteiger partial charge in [0.1, 0.15) is 18.0 Å². The van der Waals surface area contributed by atoms with E-state index < -0.39 is 30.3 Å². The molecule has 4 rings (SSSR count). The lowest BCUT2D eigenvalue weighted by Gasteiger charge is -2.32. The summed E-state index contributed by atoms with van der Waals surface area (Å²) in [4.78, 5) is 29.6. The quantitative estimate of drug-likeness (QED) is 0.305. The predicted octanol–water partition coefficient (Wildman–Crippen LogP) is -0.381. The van der Waals surface area contributed by atoms with Gasteiger partial charge in [-0.1, -0.05) is 5.92 Å². The fourth-order valence-corrected chi connectivity index (χ4v) is 3.47. The first kappa shape index (κ1) is 21.6. The summed E-state index contributed by atoms with van der Waals surface area (Å²) < 4.78 is 20.1. The lowest BCUT2D eigenvalue weighted by molar-refractivity contribution is -0.147. The summed E-state index contributed by atoms with van der Waals surface area (Å²) in [6.45, 7) is -0.223. The Morgan fingerprint density at radius 1 is 1.38 bits per heavy atom. The second-order valence-corrected chi connectivity index (χ2v) is 7.06. The number of nitrogens with two attached hydrogens (primary N) is 1. The molecule has 3 heterocycles. The molecule has 0 aliphatic carbocycles. The zero-order valence-corrected chi connectivity index (χ0v) is 16.8. The molecule has 12 heteroatoms. The summed E-state index contributed by atoms with van der Waals surface area (Å²) >= 11 is 0. The highest BCUT2D eigenvalue weighted by Crippen LogP contribution is 2.37. The summed E-state index contributed by atoms with van der Waals surface area (Å²) in [5, 5.41) is 20.7. The van der Waals surface area contributed by atoms with Gasteiger partial charge in [-0.15, -0.1) is 0 Å². The van der Waals surface area contributed by atoms with Gasteiger partial charge in [-0.25, -0.2) is 19.8 Å². The molecular weight excluding hydrogens is 423 g/mol. The molecule has 1 aliphatic heterocycles. The van der Waals surface area contributed by atoms with Crippen LogP contribution >= 0.6 is 0 Å². The average molecular weight is 442 g/mol. The summed E-state index contributed by atoms with van der Waals surface area (Å²) in [6.07, 6.45) is -1.87. The number of nitrogens with zero attached hydrogens (tertiary/aromatic N) is 4. The van der Waals surface area contributed by atoms with Crippen LogP contribution in [0.4, 0.5) is 10.2 Å². The number of hydrogen-bond acceptors (Lipinski definition) is 9. The van der Waals surface area contributed by atoms with Gasteiger partial charge in [0.05, 0.1) is 26.5 Å².